The highest BCUT2D eigenvalue weighted by atomic mass is 35.5. The highest BCUT2D eigenvalue weighted by molar-refractivity contribution is 6.31. The van der Waals surface area contributed by atoms with Crippen LogP contribution in [0.4, 0.5) is 18.9 Å². The summed E-state index contributed by atoms with van der Waals surface area (Å²) in [6.45, 7) is -0.231. The number of rotatable bonds is 3. The maximum Gasteiger partial charge on any atom is 0.416 e. The standard InChI is InChI=1S/C18H11ClF3N3O3/c19-12-4-5-14-13(7-12)25(16(26)9-27-14)8-15-23-17(24-28-15)10-2-1-3-11(6-10)18(20,21)22/h1-7H,8-9H2. The van der Waals surface area contributed by atoms with E-state index in [0.29, 0.717) is 16.5 Å². The summed E-state index contributed by atoms with van der Waals surface area (Å²) in [6.07, 6.45) is -4.48. The van der Waals surface area contributed by atoms with E-state index in [1.807, 2.05) is 0 Å². The van der Waals surface area contributed by atoms with E-state index in [9.17, 15) is 18.0 Å². The van der Waals surface area contributed by atoms with Gasteiger partial charge in [0, 0.05) is 10.6 Å². The molecular formula is C18H11ClF3N3O3. The molecule has 2 aromatic carbocycles. The van der Waals surface area contributed by atoms with Crippen molar-refractivity contribution < 1.29 is 27.2 Å². The fraction of sp³-hybridized carbons (Fsp3) is 0.167. The Bertz CT molecular complexity index is 1050. The van der Waals surface area contributed by atoms with E-state index in [2.05, 4.69) is 10.1 Å². The van der Waals surface area contributed by atoms with Crippen molar-refractivity contribution in [1.29, 1.82) is 0 Å². The molecule has 144 valence electrons. The summed E-state index contributed by atoms with van der Waals surface area (Å²) in [5.41, 5.74) is -0.215. The average Bonchev–Trinajstić information content (AvgIpc) is 3.12. The number of nitrogens with zero attached hydrogens (tertiary/aromatic N) is 3. The van der Waals surface area contributed by atoms with Crippen LogP contribution in [0, 0.1) is 0 Å². The van der Waals surface area contributed by atoms with Crippen molar-refractivity contribution >= 4 is 23.2 Å². The van der Waals surface area contributed by atoms with Crippen LogP contribution in [-0.2, 0) is 17.5 Å². The summed E-state index contributed by atoms with van der Waals surface area (Å²) in [5, 5.41) is 4.14. The first-order chi connectivity index (χ1) is 13.3. The van der Waals surface area contributed by atoms with Crippen LogP contribution in [0.5, 0.6) is 5.75 Å². The van der Waals surface area contributed by atoms with Gasteiger partial charge in [-0.25, -0.2) is 0 Å². The highest BCUT2D eigenvalue weighted by Gasteiger charge is 2.31. The van der Waals surface area contributed by atoms with Gasteiger partial charge in [-0.05, 0) is 30.3 Å². The molecular weight excluding hydrogens is 399 g/mol. The van der Waals surface area contributed by atoms with Gasteiger partial charge in [-0.1, -0.05) is 28.9 Å². The normalized spacial score (nSPS) is 14.0. The van der Waals surface area contributed by atoms with E-state index in [1.165, 1.54) is 17.0 Å². The predicted molar refractivity (Wildman–Crippen MR) is 92.9 cm³/mol. The Hall–Kier alpha value is -3.07. The zero-order valence-electron chi connectivity index (χ0n) is 14.0. The number of amides is 1. The third-order valence-corrected chi connectivity index (χ3v) is 4.31. The third kappa shape index (κ3) is 3.53. The van der Waals surface area contributed by atoms with Crippen molar-refractivity contribution in [2.45, 2.75) is 12.7 Å². The lowest BCUT2D eigenvalue weighted by Crippen LogP contribution is -2.38. The van der Waals surface area contributed by atoms with Crippen LogP contribution in [0.15, 0.2) is 47.0 Å². The molecule has 2 heterocycles. The van der Waals surface area contributed by atoms with Gasteiger partial charge in [0.2, 0.25) is 11.7 Å². The minimum absolute atomic E-state index is 0.00636. The Balaban J connectivity index is 1.61. The van der Waals surface area contributed by atoms with E-state index < -0.39 is 11.7 Å². The monoisotopic (exact) mass is 409 g/mol. The van der Waals surface area contributed by atoms with Crippen LogP contribution in [0.1, 0.15) is 11.5 Å². The molecule has 0 atom stereocenters. The molecule has 10 heteroatoms. The van der Waals surface area contributed by atoms with Crippen molar-refractivity contribution in [3.05, 3.63) is 58.9 Å². The number of alkyl halides is 3. The molecule has 28 heavy (non-hydrogen) atoms. The molecule has 0 radical (unpaired) electrons. The zero-order chi connectivity index (χ0) is 19.9. The summed E-state index contributed by atoms with van der Waals surface area (Å²) >= 11 is 5.99. The molecule has 0 spiro atoms. The number of aromatic nitrogens is 2. The smallest absolute Gasteiger partial charge is 0.416 e. The fourth-order valence-corrected chi connectivity index (χ4v) is 2.92. The van der Waals surface area contributed by atoms with Crippen molar-refractivity contribution in [3.8, 4) is 17.1 Å². The van der Waals surface area contributed by atoms with E-state index >= 15 is 0 Å². The van der Waals surface area contributed by atoms with E-state index in [4.69, 9.17) is 20.9 Å². The summed E-state index contributed by atoms with van der Waals surface area (Å²) in [6, 6.07) is 9.43. The molecule has 6 nitrogen and oxygen atoms in total. The van der Waals surface area contributed by atoms with Crippen molar-refractivity contribution in [3.63, 3.8) is 0 Å². The Morgan fingerprint density at radius 3 is 2.79 bits per heavy atom. The number of hydrogen-bond donors (Lipinski definition) is 0. The van der Waals surface area contributed by atoms with Crippen molar-refractivity contribution in [1.82, 2.24) is 10.1 Å². The van der Waals surface area contributed by atoms with Gasteiger partial charge >= 0.3 is 6.18 Å². The van der Waals surface area contributed by atoms with Gasteiger partial charge in [0.25, 0.3) is 5.91 Å². The van der Waals surface area contributed by atoms with Gasteiger partial charge in [0.05, 0.1) is 11.3 Å². The minimum Gasteiger partial charge on any atom is -0.482 e. The summed E-state index contributed by atoms with van der Waals surface area (Å²) in [7, 11) is 0. The molecule has 4 rings (SSSR count). The van der Waals surface area contributed by atoms with Crippen molar-refractivity contribution in [2.75, 3.05) is 11.5 Å². The van der Waals surface area contributed by atoms with Crippen LogP contribution in [0.25, 0.3) is 11.4 Å². The molecule has 0 unspecified atom stereocenters. The van der Waals surface area contributed by atoms with E-state index in [1.54, 1.807) is 18.2 Å². The molecule has 3 aromatic rings. The van der Waals surface area contributed by atoms with Gasteiger partial charge in [-0.3, -0.25) is 9.69 Å². The maximum atomic E-state index is 12.9. The first-order valence-electron chi connectivity index (χ1n) is 8.04. The molecule has 0 saturated heterocycles. The third-order valence-electron chi connectivity index (χ3n) is 4.07. The summed E-state index contributed by atoms with van der Waals surface area (Å²) in [5.74, 6) is 0.192. The van der Waals surface area contributed by atoms with Gasteiger partial charge < -0.3 is 9.26 Å². The topological polar surface area (TPSA) is 68.5 Å². The quantitative estimate of drug-likeness (QED) is 0.644. The molecule has 1 aliphatic rings. The number of carbonyl (C=O) groups is 1. The Morgan fingerprint density at radius 1 is 1.18 bits per heavy atom. The second kappa shape index (κ2) is 6.83. The lowest BCUT2D eigenvalue weighted by molar-refractivity contribution is -0.137. The van der Waals surface area contributed by atoms with Crippen LogP contribution >= 0.6 is 11.6 Å². The maximum absolute atomic E-state index is 12.9. The lowest BCUT2D eigenvalue weighted by atomic mass is 10.1. The summed E-state index contributed by atoms with van der Waals surface area (Å²) < 4.78 is 49.1. The summed E-state index contributed by atoms with van der Waals surface area (Å²) in [4.78, 5) is 17.7. The second-order valence-electron chi connectivity index (χ2n) is 5.97. The van der Waals surface area contributed by atoms with E-state index in [0.717, 1.165) is 12.1 Å². The van der Waals surface area contributed by atoms with Gasteiger partial charge in [0.1, 0.15) is 12.3 Å². The van der Waals surface area contributed by atoms with Crippen molar-refractivity contribution in [2.24, 2.45) is 0 Å². The van der Waals surface area contributed by atoms with Crippen LogP contribution in [-0.4, -0.2) is 22.7 Å². The number of benzene rings is 2. The van der Waals surface area contributed by atoms with Gasteiger partial charge in [0.15, 0.2) is 6.61 Å². The van der Waals surface area contributed by atoms with Crippen LogP contribution in [0.3, 0.4) is 0 Å². The molecule has 1 amide bonds. The van der Waals surface area contributed by atoms with Crippen LogP contribution < -0.4 is 9.64 Å². The zero-order valence-corrected chi connectivity index (χ0v) is 14.8. The largest absolute Gasteiger partial charge is 0.482 e. The molecule has 1 aliphatic heterocycles. The van der Waals surface area contributed by atoms with Gasteiger partial charge in [-0.2, -0.15) is 18.2 Å². The van der Waals surface area contributed by atoms with Crippen LogP contribution in [0.2, 0.25) is 5.02 Å². The molecule has 0 aliphatic carbocycles. The van der Waals surface area contributed by atoms with Gasteiger partial charge in [-0.15, -0.1) is 0 Å². The minimum atomic E-state index is -4.48. The predicted octanol–water partition coefficient (Wildman–Crippen LogP) is 4.33. The molecule has 0 saturated carbocycles. The highest BCUT2D eigenvalue weighted by Crippen LogP contribution is 2.35. The number of ether oxygens (including phenoxy) is 1. The SMILES string of the molecule is O=C1COc2ccc(Cl)cc2N1Cc1nc(-c2cccc(C(F)(F)F)c2)no1. The van der Waals surface area contributed by atoms with E-state index in [-0.39, 0.29) is 36.3 Å². The number of carbonyl (C=O) groups excluding carboxylic acids is 1. The average molecular weight is 410 g/mol. The second-order valence-corrected chi connectivity index (χ2v) is 6.41. The Kier molecular flexibility index (Phi) is 4.46. The number of anilines is 1. The molecule has 1 aromatic heterocycles. The Labute approximate surface area is 161 Å². The first-order valence-corrected chi connectivity index (χ1v) is 8.42. The Morgan fingerprint density at radius 2 is 2.00 bits per heavy atom. The first kappa shape index (κ1) is 18.3. The number of hydrogen-bond acceptors (Lipinski definition) is 5. The molecule has 0 N–H and O–H groups in total. The fourth-order valence-electron chi connectivity index (χ4n) is 2.75. The molecule has 0 fully saturated rings. The number of fused-ring (bicyclic) bond motifs is 1. The lowest BCUT2D eigenvalue weighted by Gasteiger charge is -2.28. The molecule has 0 bridgehead atoms. The number of halogens is 4.